The first-order valence-electron chi connectivity index (χ1n) is 6.06. The van der Waals surface area contributed by atoms with Gasteiger partial charge in [0.2, 0.25) is 5.91 Å². The van der Waals surface area contributed by atoms with Gasteiger partial charge < -0.3 is 10.6 Å². The molecule has 1 fully saturated rings. The van der Waals surface area contributed by atoms with Crippen molar-refractivity contribution in [2.45, 2.75) is 32.9 Å². The van der Waals surface area contributed by atoms with E-state index in [-0.39, 0.29) is 18.0 Å². The van der Waals surface area contributed by atoms with Gasteiger partial charge in [-0.15, -0.1) is 0 Å². The van der Waals surface area contributed by atoms with Gasteiger partial charge in [-0.05, 0) is 26.3 Å². The Balaban J connectivity index is 2.23. The number of rotatable bonds is 2. The Morgan fingerprint density at radius 1 is 1.35 bits per heavy atom. The van der Waals surface area contributed by atoms with E-state index in [1.165, 1.54) is 0 Å². The second-order valence-electron chi connectivity index (χ2n) is 5.37. The molecule has 0 saturated carbocycles. The summed E-state index contributed by atoms with van der Waals surface area (Å²) in [5.41, 5.74) is 6.76. The summed E-state index contributed by atoms with van der Waals surface area (Å²) >= 11 is 0. The predicted octanol–water partition coefficient (Wildman–Crippen LogP) is 1.94. The zero-order chi connectivity index (χ0) is 12.6. The molecule has 0 spiro atoms. The van der Waals surface area contributed by atoms with Gasteiger partial charge >= 0.3 is 0 Å². The lowest BCUT2D eigenvalue weighted by Gasteiger charge is -2.26. The van der Waals surface area contributed by atoms with Crippen LogP contribution >= 0.6 is 0 Å². The molecule has 0 unspecified atom stereocenters. The molecule has 3 nitrogen and oxygen atoms in total. The van der Waals surface area contributed by atoms with Gasteiger partial charge in [0, 0.05) is 12.6 Å². The van der Waals surface area contributed by atoms with Crippen LogP contribution in [0, 0.1) is 5.41 Å². The van der Waals surface area contributed by atoms with E-state index in [0.29, 0.717) is 6.54 Å². The first-order chi connectivity index (χ1) is 7.94. The van der Waals surface area contributed by atoms with Crippen molar-refractivity contribution in [3.05, 3.63) is 35.9 Å². The highest BCUT2D eigenvalue weighted by molar-refractivity contribution is 5.85. The molecular weight excluding hydrogens is 212 g/mol. The third kappa shape index (κ3) is 1.95. The molecular formula is C14H20N2O. The Kier molecular flexibility index (Phi) is 2.96. The summed E-state index contributed by atoms with van der Waals surface area (Å²) in [5, 5.41) is 0. The lowest BCUT2D eigenvalue weighted by molar-refractivity contribution is -0.136. The van der Waals surface area contributed by atoms with Crippen molar-refractivity contribution in [2.24, 2.45) is 11.1 Å². The highest BCUT2D eigenvalue weighted by Crippen LogP contribution is 2.35. The van der Waals surface area contributed by atoms with Gasteiger partial charge in [0.05, 0.1) is 11.5 Å². The van der Waals surface area contributed by atoms with Crippen molar-refractivity contribution < 1.29 is 4.79 Å². The Morgan fingerprint density at radius 3 is 2.41 bits per heavy atom. The number of benzene rings is 1. The molecule has 1 amide bonds. The maximum Gasteiger partial charge on any atom is 0.230 e. The van der Waals surface area contributed by atoms with Gasteiger partial charge in [-0.3, -0.25) is 4.79 Å². The summed E-state index contributed by atoms with van der Waals surface area (Å²) in [5.74, 6) is 0.154. The fourth-order valence-electron chi connectivity index (χ4n) is 2.30. The zero-order valence-electron chi connectivity index (χ0n) is 10.7. The Bertz CT molecular complexity index is 413. The highest BCUT2D eigenvalue weighted by Gasteiger charge is 2.46. The van der Waals surface area contributed by atoms with Crippen molar-refractivity contribution >= 4 is 5.91 Å². The lowest BCUT2D eigenvalue weighted by atomic mass is 9.88. The van der Waals surface area contributed by atoms with Gasteiger partial charge in [-0.2, -0.15) is 0 Å². The molecule has 2 atom stereocenters. The average Bonchev–Trinajstić information content (AvgIpc) is 2.53. The SMILES string of the molecule is C[C@H](c1ccccc1)N1C[C@@H](N)C(C)(C)C1=O. The maximum atomic E-state index is 12.3. The van der Waals surface area contributed by atoms with E-state index in [4.69, 9.17) is 5.73 Å². The van der Waals surface area contributed by atoms with Gasteiger partial charge in [0.15, 0.2) is 0 Å². The number of amides is 1. The first kappa shape index (κ1) is 12.1. The number of carbonyl (C=O) groups excluding carboxylic acids is 1. The minimum absolute atomic E-state index is 0.0823. The van der Waals surface area contributed by atoms with E-state index >= 15 is 0 Å². The normalized spacial score (nSPS) is 25.1. The minimum Gasteiger partial charge on any atom is -0.334 e. The lowest BCUT2D eigenvalue weighted by Crippen LogP contribution is -2.37. The average molecular weight is 232 g/mol. The Labute approximate surface area is 103 Å². The first-order valence-corrected chi connectivity index (χ1v) is 6.06. The molecule has 1 aliphatic rings. The summed E-state index contributed by atoms with van der Waals surface area (Å²) in [6, 6.07) is 10.1. The molecule has 17 heavy (non-hydrogen) atoms. The van der Waals surface area contributed by atoms with Crippen molar-refractivity contribution in [3.63, 3.8) is 0 Å². The van der Waals surface area contributed by atoms with Crippen molar-refractivity contribution in [1.82, 2.24) is 4.90 Å². The molecule has 1 aliphatic heterocycles. The van der Waals surface area contributed by atoms with Gasteiger partial charge in [0.25, 0.3) is 0 Å². The second-order valence-corrected chi connectivity index (χ2v) is 5.37. The summed E-state index contributed by atoms with van der Waals surface area (Å²) in [6.07, 6.45) is 0. The minimum atomic E-state index is -0.441. The number of hydrogen-bond acceptors (Lipinski definition) is 2. The van der Waals surface area contributed by atoms with E-state index in [0.717, 1.165) is 5.56 Å². The van der Waals surface area contributed by atoms with E-state index in [1.807, 2.05) is 36.9 Å². The topological polar surface area (TPSA) is 46.3 Å². The molecule has 2 rings (SSSR count). The van der Waals surface area contributed by atoms with Crippen LogP contribution in [0.5, 0.6) is 0 Å². The fourth-order valence-corrected chi connectivity index (χ4v) is 2.30. The molecule has 0 aliphatic carbocycles. The highest BCUT2D eigenvalue weighted by atomic mass is 16.2. The van der Waals surface area contributed by atoms with E-state index in [1.54, 1.807) is 0 Å². The smallest absolute Gasteiger partial charge is 0.230 e. The molecule has 1 saturated heterocycles. The van der Waals surface area contributed by atoms with Crippen LogP contribution in [-0.2, 0) is 4.79 Å². The van der Waals surface area contributed by atoms with Gasteiger partial charge in [0.1, 0.15) is 0 Å². The molecule has 3 heteroatoms. The monoisotopic (exact) mass is 232 g/mol. The molecule has 1 heterocycles. The molecule has 0 aromatic heterocycles. The molecule has 0 bridgehead atoms. The van der Waals surface area contributed by atoms with E-state index in [9.17, 15) is 4.79 Å². The Hall–Kier alpha value is -1.35. The summed E-state index contributed by atoms with van der Waals surface area (Å²) in [7, 11) is 0. The van der Waals surface area contributed by atoms with Crippen LogP contribution in [0.4, 0.5) is 0 Å². The Morgan fingerprint density at radius 2 is 1.94 bits per heavy atom. The number of carbonyl (C=O) groups is 1. The van der Waals surface area contributed by atoms with Crippen LogP contribution in [-0.4, -0.2) is 23.4 Å². The van der Waals surface area contributed by atoms with Crippen molar-refractivity contribution in [3.8, 4) is 0 Å². The predicted molar refractivity (Wildman–Crippen MR) is 68.3 cm³/mol. The zero-order valence-corrected chi connectivity index (χ0v) is 10.7. The number of nitrogens with zero attached hydrogens (tertiary/aromatic N) is 1. The molecule has 1 aromatic carbocycles. The van der Waals surface area contributed by atoms with Gasteiger partial charge in [-0.25, -0.2) is 0 Å². The largest absolute Gasteiger partial charge is 0.334 e. The van der Waals surface area contributed by atoms with E-state index in [2.05, 4.69) is 19.1 Å². The summed E-state index contributed by atoms with van der Waals surface area (Å²) in [6.45, 7) is 6.55. The number of hydrogen-bond donors (Lipinski definition) is 1. The van der Waals surface area contributed by atoms with E-state index < -0.39 is 5.41 Å². The molecule has 92 valence electrons. The van der Waals surface area contributed by atoms with Crippen LogP contribution in [0.2, 0.25) is 0 Å². The third-order valence-corrected chi connectivity index (χ3v) is 3.88. The van der Waals surface area contributed by atoms with Crippen LogP contribution in [0.3, 0.4) is 0 Å². The third-order valence-electron chi connectivity index (χ3n) is 3.88. The summed E-state index contributed by atoms with van der Waals surface area (Å²) in [4.78, 5) is 14.2. The molecule has 2 N–H and O–H groups in total. The van der Waals surface area contributed by atoms with Crippen molar-refractivity contribution in [2.75, 3.05) is 6.54 Å². The van der Waals surface area contributed by atoms with Crippen LogP contribution in [0.25, 0.3) is 0 Å². The maximum absolute atomic E-state index is 12.3. The van der Waals surface area contributed by atoms with Crippen LogP contribution in [0.1, 0.15) is 32.4 Å². The fraction of sp³-hybridized carbons (Fsp3) is 0.500. The van der Waals surface area contributed by atoms with Crippen molar-refractivity contribution in [1.29, 1.82) is 0 Å². The molecule has 0 radical (unpaired) electrons. The van der Waals surface area contributed by atoms with Crippen LogP contribution in [0.15, 0.2) is 30.3 Å². The number of nitrogens with two attached hydrogens (primary N) is 1. The number of likely N-dealkylation sites (tertiary alicyclic amines) is 1. The standard InChI is InChI=1S/C14H20N2O/c1-10(11-7-5-4-6-8-11)16-9-12(15)14(2,3)13(16)17/h4-8,10,12H,9,15H2,1-3H3/t10-,12-/m1/s1. The van der Waals surface area contributed by atoms with Gasteiger partial charge in [-0.1, -0.05) is 30.3 Å². The van der Waals surface area contributed by atoms with Crippen LogP contribution < -0.4 is 5.73 Å². The quantitative estimate of drug-likeness (QED) is 0.847. The molecule has 1 aromatic rings. The second kappa shape index (κ2) is 4.15. The summed E-state index contributed by atoms with van der Waals surface area (Å²) < 4.78 is 0.